The first-order valence-corrected chi connectivity index (χ1v) is 4.16. The number of hydrogen-bond acceptors (Lipinski definition) is 2. The highest BCUT2D eigenvalue weighted by atomic mass is 35.5. The summed E-state index contributed by atoms with van der Waals surface area (Å²) in [5.41, 5.74) is 0.424. The maximum absolute atomic E-state index is 10.2. The number of phenols is 1. The van der Waals surface area contributed by atoms with Crippen molar-refractivity contribution in [3.8, 4) is 17.6 Å². The molecule has 0 aliphatic heterocycles. The van der Waals surface area contributed by atoms with Crippen LogP contribution < -0.4 is 0 Å². The monoisotopic (exact) mass is 210 g/mol. The molecule has 3 nitrogen and oxygen atoms in total. The van der Waals surface area contributed by atoms with Gasteiger partial charge in [0.15, 0.2) is 0 Å². The molecule has 0 unspecified atom stereocenters. The molecule has 0 atom stereocenters. The molecule has 1 rings (SSSR count). The van der Waals surface area contributed by atoms with Gasteiger partial charge >= 0.3 is 5.97 Å². The van der Waals surface area contributed by atoms with Crippen molar-refractivity contribution in [2.45, 2.75) is 6.42 Å². The summed E-state index contributed by atoms with van der Waals surface area (Å²) in [4.78, 5) is 10.2. The van der Waals surface area contributed by atoms with E-state index in [-0.39, 0.29) is 12.2 Å². The van der Waals surface area contributed by atoms with Gasteiger partial charge in [-0.05, 0) is 18.2 Å². The van der Waals surface area contributed by atoms with E-state index in [0.717, 1.165) is 0 Å². The minimum Gasteiger partial charge on any atom is -0.508 e. The third-order valence-electron chi connectivity index (χ3n) is 1.41. The van der Waals surface area contributed by atoms with Crippen molar-refractivity contribution < 1.29 is 15.0 Å². The van der Waals surface area contributed by atoms with Crippen LogP contribution >= 0.6 is 11.6 Å². The average Bonchev–Trinajstić information content (AvgIpc) is 2.10. The van der Waals surface area contributed by atoms with E-state index in [1.807, 2.05) is 0 Å². The molecule has 0 radical (unpaired) electrons. The maximum Gasteiger partial charge on any atom is 0.315 e. The molecule has 0 bridgehead atoms. The SMILES string of the molecule is O=C(O)CC#Cc1cc(O)ccc1Cl. The second-order valence-electron chi connectivity index (χ2n) is 2.54. The highest BCUT2D eigenvalue weighted by Crippen LogP contribution is 2.19. The lowest BCUT2D eigenvalue weighted by atomic mass is 10.2. The molecule has 0 saturated heterocycles. The Kier molecular flexibility index (Phi) is 3.38. The van der Waals surface area contributed by atoms with Crippen molar-refractivity contribution in [3.05, 3.63) is 28.8 Å². The van der Waals surface area contributed by atoms with Crippen LogP contribution in [0.1, 0.15) is 12.0 Å². The van der Waals surface area contributed by atoms with Crippen molar-refractivity contribution in [1.82, 2.24) is 0 Å². The molecule has 0 aliphatic carbocycles. The third kappa shape index (κ3) is 3.00. The van der Waals surface area contributed by atoms with Gasteiger partial charge in [-0.3, -0.25) is 4.79 Å². The number of aliphatic carboxylic acids is 1. The maximum atomic E-state index is 10.2. The number of halogens is 1. The van der Waals surface area contributed by atoms with E-state index in [0.29, 0.717) is 10.6 Å². The molecule has 2 N–H and O–H groups in total. The zero-order valence-electron chi connectivity index (χ0n) is 7.12. The van der Waals surface area contributed by atoms with Crippen molar-refractivity contribution in [1.29, 1.82) is 0 Å². The highest BCUT2D eigenvalue weighted by molar-refractivity contribution is 6.31. The Morgan fingerprint density at radius 2 is 2.21 bits per heavy atom. The van der Waals surface area contributed by atoms with Gasteiger partial charge < -0.3 is 10.2 Å². The lowest BCUT2D eigenvalue weighted by molar-refractivity contribution is -0.135. The Morgan fingerprint density at radius 1 is 1.50 bits per heavy atom. The van der Waals surface area contributed by atoms with E-state index in [2.05, 4.69) is 11.8 Å². The predicted molar refractivity (Wildman–Crippen MR) is 52.2 cm³/mol. The Hall–Kier alpha value is -1.66. The molecule has 1 aromatic rings. The van der Waals surface area contributed by atoms with Crippen LogP contribution in [0.3, 0.4) is 0 Å². The summed E-state index contributed by atoms with van der Waals surface area (Å²) < 4.78 is 0. The topological polar surface area (TPSA) is 57.5 Å². The Morgan fingerprint density at radius 3 is 2.86 bits per heavy atom. The van der Waals surface area contributed by atoms with Crippen LogP contribution in [0.25, 0.3) is 0 Å². The van der Waals surface area contributed by atoms with E-state index in [1.54, 1.807) is 0 Å². The summed E-state index contributed by atoms with van der Waals surface area (Å²) in [6.45, 7) is 0. The smallest absolute Gasteiger partial charge is 0.315 e. The van der Waals surface area contributed by atoms with Crippen LogP contribution in [-0.4, -0.2) is 16.2 Å². The van der Waals surface area contributed by atoms with Gasteiger partial charge in [-0.2, -0.15) is 0 Å². The van der Waals surface area contributed by atoms with Crippen molar-refractivity contribution in [2.24, 2.45) is 0 Å². The third-order valence-corrected chi connectivity index (χ3v) is 1.74. The van der Waals surface area contributed by atoms with Crippen LogP contribution in [0.15, 0.2) is 18.2 Å². The summed E-state index contributed by atoms with van der Waals surface area (Å²) >= 11 is 5.75. The van der Waals surface area contributed by atoms with Gasteiger partial charge in [-0.25, -0.2) is 0 Å². The molecule has 0 fully saturated rings. The summed E-state index contributed by atoms with van der Waals surface area (Å²) in [6, 6.07) is 4.32. The van der Waals surface area contributed by atoms with Crippen LogP contribution in [0.5, 0.6) is 5.75 Å². The average molecular weight is 211 g/mol. The van der Waals surface area contributed by atoms with Gasteiger partial charge in [0.2, 0.25) is 0 Å². The molecule has 0 heterocycles. The van der Waals surface area contributed by atoms with E-state index >= 15 is 0 Å². The summed E-state index contributed by atoms with van der Waals surface area (Å²) in [5.74, 6) is 4.04. The zero-order chi connectivity index (χ0) is 10.6. The number of carbonyl (C=O) groups is 1. The van der Waals surface area contributed by atoms with Crippen LogP contribution in [0.4, 0.5) is 0 Å². The number of benzene rings is 1. The minimum atomic E-state index is -0.992. The van der Waals surface area contributed by atoms with Crippen LogP contribution in [-0.2, 0) is 4.79 Å². The van der Waals surface area contributed by atoms with Gasteiger partial charge in [0.25, 0.3) is 0 Å². The van der Waals surface area contributed by atoms with E-state index in [1.165, 1.54) is 18.2 Å². The Labute approximate surface area is 85.9 Å². The van der Waals surface area contributed by atoms with Gasteiger partial charge in [-0.15, -0.1) is 0 Å². The number of carboxylic acids is 1. The highest BCUT2D eigenvalue weighted by Gasteiger charge is 1.97. The van der Waals surface area contributed by atoms with Crippen LogP contribution in [0, 0.1) is 11.8 Å². The lowest BCUT2D eigenvalue weighted by Gasteiger charge is -1.95. The number of carboxylic acid groups (broad SMARTS) is 1. The fraction of sp³-hybridized carbons (Fsp3) is 0.100. The van der Waals surface area contributed by atoms with Gasteiger partial charge in [0, 0.05) is 5.56 Å². The standard InChI is InChI=1S/C10H7ClO3/c11-9-5-4-8(12)6-7(9)2-1-3-10(13)14/h4-6,12H,3H2,(H,13,14). The molecule has 4 heteroatoms. The molecule has 72 valence electrons. The van der Waals surface area contributed by atoms with E-state index < -0.39 is 5.97 Å². The molecule has 0 aromatic heterocycles. The molecule has 0 aliphatic rings. The first kappa shape index (κ1) is 10.4. The minimum absolute atomic E-state index is 0.0500. The van der Waals surface area contributed by atoms with Gasteiger partial charge in [0.05, 0.1) is 5.02 Å². The molecule has 0 amide bonds. The van der Waals surface area contributed by atoms with E-state index in [4.69, 9.17) is 21.8 Å². The Balaban J connectivity index is 2.88. The Bertz CT molecular complexity index is 415. The van der Waals surface area contributed by atoms with Gasteiger partial charge in [-0.1, -0.05) is 23.4 Å². The second-order valence-corrected chi connectivity index (χ2v) is 2.94. The molecule has 0 saturated carbocycles. The summed E-state index contributed by atoms with van der Waals surface area (Å²) in [5, 5.41) is 17.8. The first-order valence-electron chi connectivity index (χ1n) is 3.79. The second kappa shape index (κ2) is 4.54. The predicted octanol–water partition coefficient (Wildman–Crippen LogP) is 1.87. The van der Waals surface area contributed by atoms with Crippen molar-refractivity contribution >= 4 is 17.6 Å². The first-order chi connectivity index (χ1) is 6.59. The molecule has 0 spiro atoms. The van der Waals surface area contributed by atoms with Crippen molar-refractivity contribution in [2.75, 3.05) is 0 Å². The van der Waals surface area contributed by atoms with E-state index in [9.17, 15) is 4.79 Å². The zero-order valence-corrected chi connectivity index (χ0v) is 7.88. The van der Waals surface area contributed by atoms with Crippen LogP contribution in [0.2, 0.25) is 5.02 Å². The number of phenolic OH excluding ortho intramolecular Hbond substituents is 1. The summed E-state index contributed by atoms with van der Waals surface area (Å²) in [7, 11) is 0. The van der Waals surface area contributed by atoms with Crippen molar-refractivity contribution in [3.63, 3.8) is 0 Å². The number of hydrogen-bond donors (Lipinski definition) is 2. The largest absolute Gasteiger partial charge is 0.508 e. The van der Waals surface area contributed by atoms with Gasteiger partial charge in [0.1, 0.15) is 12.2 Å². The quantitative estimate of drug-likeness (QED) is 0.696. The number of aromatic hydroxyl groups is 1. The fourth-order valence-electron chi connectivity index (χ4n) is 0.824. The molecule has 1 aromatic carbocycles. The molecular formula is C10H7ClO3. The normalized spacial score (nSPS) is 8.93. The summed E-state index contributed by atoms with van der Waals surface area (Å²) in [6.07, 6.45) is -0.244. The number of rotatable bonds is 1. The molecule has 14 heavy (non-hydrogen) atoms. The molecular weight excluding hydrogens is 204 g/mol. The lowest BCUT2D eigenvalue weighted by Crippen LogP contribution is -1.90. The fourth-order valence-corrected chi connectivity index (χ4v) is 0.989.